The maximum atomic E-state index is 15.3. The van der Waals surface area contributed by atoms with E-state index in [2.05, 4.69) is 31.4 Å². The fourth-order valence-electron chi connectivity index (χ4n) is 11.5. The smallest absolute Gasteiger partial charge is 0.416 e. The van der Waals surface area contributed by atoms with Gasteiger partial charge in [-0.3, -0.25) is 9.59 Å². The van der Waals surface area contributed by atoms with Gasteiger partial charge in [0, 0.05) is 23.5 Å². The molecule has 0 radical (unpaired) electrons. The van der Waals surface area contributed by atoms with Crippen molar-refractivity contribution in [2.24, 2.45) is 11.8 Å². The number of aromatic hydroxyl groups is 2. The van der Waals surface area contributed by atoms with E-state index in [1.165, 1.54) is 99.6 Å². The van der Waals surface area contributed by atoms with Crippen LogP contribution in [0, 0.1) is 11.8 Å². The number of ether oxygens (including phenoxy) is 2. The zero-order valence-corrected chi connectivity index (χ0v) is 42.9. The first-order valence-corrected chi connectivity index (χ1v) is 27.1. The van der Waals surface area contributed by atoms with E-state index in [0.717, 1.165) is 74.5 Å². The van der Waals surface area contributed by atoms with Gasteiger partial charge < -0.3 is 30.3 Å². The molecule has 9 rings (SSSR count). The van der Waals surface area contributed by atoms with Crippen molar-refractivity contribution in [2.75, 3.05) is 10.6 Å². The fraction of sp³-hybridized carbons (Fsp3) is 0.397. The molecule has 2 fully saturated rings. The molecule has 2 saturated carbocycles. The van der Waals surface area contributed by atoms with E-state index in [1.54, 1.807) is 12.1 Å². The molecular formula is C63H69F3N2O6. The summed E-state index contributed by atoms with van der Waals surface area (Å²) in [4.78, 5) is 30.6. The number of carbonyl (C=O) groups is 2. The number of nitrogens with one attached hydrogen (secondary N) is 2. The van der Waals surface area contributed by atoms with Gasteiger partial charge in [0.15, 0.2) is 23.0 Å². The number of anilines is 4. The van der Waals surface area contributed by atoms with E-state index < -0.39 is 45.9 Å². The molecule has 4 N–H and O–H groups in total. The molecule has 0 spiro atoms. The second-order valence-electron chi connectivity index (χ2n) is 20.9. The highest BCUT2D eigenvalue weighted by Crippen LogP contribution is 2.51. The Balaban J connectivity index is 1.09. The Morgan fingerprint density at radius 2 is 0.973 bits per heavy atom. The van der Waals surface area contributed by atoms with E-state index in [-0.39, 0.29) is 39.7 Å². The third-order valence-electron chi connectivity index (χ3n) is 15.7. The number of carbonyl (C=O) groups excluding carboxylic acids is 2. The van der Waals surface area contributed by atoms with Crippen molar-refractivity contribution in [3.8, 4) is 34.5 Å². The molecule has 6 aromatic carbocycles. The molecule has 0 saturated heterocycles. The van der Waals surface area contributed by atoms with Crippen LogP contribution < -0.4 is 20.1 Å². The summed E-state index contributed by atoms with van der Waals surface area (Å²) < 4.78 is 54.9. The van der Waals surface area contributed by atoms with Crippen LogP contribution in [0.2, 0.25) is 0 Å². The predicted molar refractivity (Wildman–Crippen MR) is 288 cm³/mol. The summed E-state index contributed by atoms with van der Waals surface area (Å²) in [6, 6.07) is 30.3. The van der Waals surface area contributed by atoms with Gasteiger partial charge in [0.25, 0.3) is 0 Å². The average Bonchev–Trinajstić information content (AvgIpc) is 3.42. The number of benzene rings is 6. The topological polar surface area (TPSA) is 117 Å². The van der Waals surface area contributed by atoms with Crippen LogP contribution in [0.15, 0.2) is 109 Å². The van der Waals surface area contributed by atoms with Gasteiger partial charge in [-0.1, -0.05) is 108 Å². The van der Waals surface area contributed by atoms with E-state index in [4.69, 9.17) is 9.47 Å². The molecule has 6 aromatic rings. The van der Waals surface area contributed by atoms with Crippen molar-refractivity contribution < 1.29 is 42.4 Å². The summed E-state index contributed by atoms with van der Waals surface area (Å²) in [5.41, 5.74) is 1.71. The number of fused-ring (bicyclic) bond motifs is 2. The second-order valence-corrected chi connectivity index (χ2v) is 20.9. The van der Waals surface area contributed by atoms with Gasteiger partial charge in [-0.2, -0.15) is 13.2 Å². The molecule has 0 atom stereocenters. The normalized spacial score (nSPS) is 18.6. The molecule has 0 aromatic heterocycles. The van der Waals surface area contributed by atoms with Crippen LogP contribution in [0.4, 0.5) is 35.9 Å². The van der Waals surface area contributed by atoms with Gasteiger partial charge in [-0.05, 0) is 159 Å². The average molecular weight is 1010 g/mol. The lowest BCUT2D eigenvalue weighted by atomic mass is 9.77. The maximum Gasteiger partial charge on any atom is 0.416 e. The number of halogens is 3. The largest absolute Gasteiger partial charge is 0.504 e. The van der Waals surface area contributed by atoms with Gasteiger partial charge in [0.2, 0.25) is 11.6 Å². The Hall–Kier alpha value is -6.75. The van der Waals surface area contributed by atoms with E-state index in [0.29, 0.717) is 29.0 Å². The van der Waals surface area contributed by atoms with Crippen molar-refractivity contribution >= 4 is 34.3 Å². The first-order valence-electron chi connectivity index (χ1n) is 27.1. The number of alkyl halides is 3. The molecule has 8 nitrogen and oxygen atoms in total. The van der Waals surface area contributed by atoms with Gasteiger partial charge in [0.05, 0.1) is 39.2 Å². The summed E-state index contributed by atoms with van der Waals surface area (Å²) in [5, 5.41) is 30.6. The number of phenols is 2. The molecule has 11 heteroatoms. The Morgan fingerprint density at radius 1 is 0.527 bits per heavy atom. The predicted octanol–water partition coefficient (Wildman–Crippen LogP) is 18.2. The number of rotatable bonds is 19. The lowest BCUT2D eigenvalue weighted by Gasteiger charge is -2.29. The molecule has 388 valence electrons. The molecule has 3 aliphatic rings. The third-order valence-corrected chi connectivity index (χ3v) is 15.7. The van der Waals surface area contributed by atoms with Gasteiger partial charge in [-0.15, -0.1) is 0 Å². The Bertz CT molecular complexity index is 2920. The molecule has 0 bridgehead atoms. The lowest BCUT2D eigenvalue weighted by Crippen LogP contribution is -2.24. The van der Waals surface area contributed by atoms with Crippen LogP contribution in [-0.4, -0.2) is 21.8 Å². The molecular weight excluding hydrogens is 938 g/mol. The van der Waals surface area contributed by atoms with E-state index in [9.17, 15) is 23.4 Å². The molecule has 0 aliphatic heterocycles. The minimum atomic E-state index is -4.68. The van der Waals surface area contributed by atoms with Crippen molar-refractivity contribution in [3.05, 3.63) is 154 Å². The quantitative estimate of drug-likeness (QED) is 0.0592. The Morgan fingerprint density at radius 3 is 1.41 bits per heavy atom. The molecule has 0 amide bonds. The van der Waals surface area contributed by atoms with Crippen molar-refractivity contribution in [1.82, 2.24) is 0 Å². The zero-order chi connectivity index (χ0) is 51.9. The summed E-state index contributed by atoms with van der Waals surface area (Å²) >= 11 is 0. The van der Waals surface area contributed by atoms with Gasteiger partial charge in [0.1, 0.15) is 11.5 Å². The van der Waals surface area contributed by atoms with E-state index >= 15 is 9.59 Å². The highest BCUT2D eigenvalue weighted by molar-refractivity contribution is 6.34. The highest BCUT2D eigenvalue weighted by Gasteiger charge is 2.41. The molecule has 0 heterocycles. The van der Waals surface area contributed by atoms with Crippen molar-refractivity contribution in [2.45, 2.75) is 148 Å². The van der Waals surface area contributed by atoms with Gasteiger partial charge >= 0.3 is 6.18 Å². The van der Waals surface area contributed by atoms with Crippen molar-refractivity contribution in [1.29, 1.82) is 0 Å². The molecule has 0 unspecified atom stereocenters. The third kappa shape index (κ3) is 11.8. The van der Waals surface area contributed by atoms with Crippen LogP contribution in [-0.2, 0) is 12.6 Å². The Kier molecular flexibility index (Phi) is 16.3. The minimum Gasteiger partial charge on any atom is -0.504 e. The number of unbranched alkanes of at least 4 members (excludes halogenated alkanes) is 3. The first-order chi connectivity index (χ1) is 35.8. The van der Waals surface area contributed by atoms with Crippen LogP contribution in [0.5, 0.6) is 34.5 Å². The van der Waals surface area contributed by atoms with Crippen LogP contribution in [0.1, 0.15) is 189 Å². The van der Waals surface area contributed by atoms with Crippen molar-refractivity contribution in [3.63, 3.8) is 0 Å². The van der Waals surface area contributed by atoms with Gasteiger partial charge in [-0.25, -0.2) is 0 Å². The Labute approximate surface area is 433 Å². The standard InChI is InChI=1S/C63H69F3N2O6/c1-4-7-11-39-16-22-42(23-17-39)44-26-32-49(33-27-44)73-53-37-51(67-47-30-20-41(21-31-47)13-9-6-3)55-57(59(53)69)62(72)56-52(68-48-15-10-14-46(36-48)63(64,65)66)38-54(60(70)58(56)61(55)71)74-50-34-28-45(29-35-50)43-24-18-40(19-25-43)12-8-5-2/h10,14-15,20-21,26-40,42-43,67-70H,4-9,11-13,16-19,22-25H2,1-3H3. The summed E-state index contributed by atoms with van der Waals surface area (Å²) in [6.07, 6.45) is 14.9. The fourth-order valence-corrected chi connectivity index (χ4v) is 11.5. The maximum absolute atomic E-state index is 15.3. The van der Waals surface area contributed by atoms with E-state index in [1.807, 2.05) is 60.7 Å². The van der Waals surface area contributed by atoms with Crippen LogP contribution >= 0.6 is 0 Å². The number of hydrogen-bond acceptors (Lipinski definition) is 8. The molecule has 74 heavy (non-hydrogen) atoms. The number of phenolic OH excluding ortho intramolecular Hbond substituents is 2. The monoisotopic (exact) mass is 1010 g/mol. The zero-order valence-electron chi connectivity index (χ0n) is 42.9. The second kappa shape index (κ2) is 23.2. The highest BCUT2D eigenvalue weighted by atomic mass is 19.4. The summed E-state index contributed by atoms with van der Waals surface area (Å²) in [5.74, 6) is -0.160. The molecule has 3 aliphatic carbocycles. The van der Waals surface area contributed by atoms with Crippen LogP contribution in [0.25, 0.3) is 0 Å². The lowest BCUT2D eigenvalue weighted by molar-refractivity contribution is -0.137. The number of ketones is 2. The SMILES string of the molecule is CCCCc1ccc(Nc2cc(Oc3ccc(C4CCC(CCCC)CC4)cc3)c(O)c3c2C(=O)c2c(O)c(Oc4ccc(C5CCC(CCCC)CC5)cc4)cc(Nc4cccc(C(F)(F)F)c4)c2C3=O)cc1. The minimum absolute atomic E-state index is 0.0440. The van der Waals surface area contributed by atoms with Crippen LogP contribution in [0.3, 0.4) is 0 Å². The summed E-state index contributed by atoms with van der Waals surface area (Å²) in [6.45, 7) is 6.59. The number of aryl methyl sites for hydroxylation is 1. The number of hydrogen-bond donors (Lipinski definition) is 4. The first kappa shape index (κ1) is 52.1. The summed E-state index contributed by atoms with van der Waals surface area (Å²) in [7, 11) is 0.